The molecule has 0 radical (unpaired) electrons. The van der Waals surface area contributed by atoms with Crippen LogP contribution in [0.1, 0.15) is 19.4 Å². The van der Waals surface area contributed by atoms with Gasteiger partial charge in [0.05, 0.1) is 0 Å². The lowest BCUT2D eigenvalue weighted by Gasteiger charge is -2.00. The van der Waals surface area contributed by atoms with Crippen molar-refractivity contribution in [2.75, 3.05) is 5.73 Å². The summed E-state index contributed by atoms with van der Waals surface area (Å²) in [5.41, 5.74) is 7.31. The minimum Gasteiger partial charge on any atom is -0.399 e. The molecule has 1 aromatic carbocycles. The van der Waals surface area contributed by atoms with E-state index in [-0.39, 0.29) is 5.83 Å². The van der Waals surface area contributed by atoms with Gasteiger partial charge in [-0.05, 0) is 31.6 Å². The van der Waals surface area contributed by atoms with E-state index in [0.717, 1.165) is 0 Å². The maximum Gasteiger partial charge on any atom is 0.129 e. The van der Waals surface area contributed by atoms with Crippen LogP contribution < -0.4 is 5.73 Å². The van der Waals surface area contributed by atoms with Crippen LogP contribution in [-0.2, 0) is 0 Å². The zero-order chi connectivity index (χ0) is 9.14. The van der Waals surface area contributed by atoms with Crippen LogP contribution in [0.15, 0.2) is 29.8 Å². The van der Waals surface area contributed by atoms with E-state index in [1.54, 1.807) is 38.1 Å². The van der Waals surface area contributed by atoms with Gasteiger partial charge in [0.15, 0.2) is 0 Å². The van der Waals surface area contributed by atoms with Gasteiger partial charge in [-0.1, -0.05) is 12.1 Å². The Morgan fingerprint density at radius 1 is 1.33 bits per heavy atom. The summed E-state index contributed by atoms with van der Waals surface area (Å²) in [4.78, 5) is 0. The van der Waals surface area contributed by atoms with Gasteiger partial charge in [0, 0.05) is 11.3 Å². The molecular weight excluding hydrogens is 153 g/mol. The molecule has 1 nitrogen and oxygen atoms in total. The predicted molar refractivity (Wildman–Crippen MR) is 50.2 cm³/mol. The van der Waals surface area contributed by atoms with Crippen molar-refractivity contribution in [2.24, 2.45) is 0 Å². The monoisotopic (exact) mass is 165 g/mol. The molecule has 0 aromatic heterocycles. The summed E-state index contributed by atoms with van der Waals surface area (Å²) < 4.78 is 13.3. The van der Waals surface area contributed by atoms with Gasteiger partial charge in [-0.2, -0.15) is 0 Å². The molecule has 0 spiro atoms. The van der Waals surface area contributed by atoms with Crippen molar-refractivity contribution >= 4 is 11.5 Å². The molecule has 0 amide bonds. The average molecular weight is 165 g/mol. The third-order valence-electron chi connectivity index (χ3n) is 1.58. The first kappa shape index (κ1) is 8.78. The number of rotatable bonds is 1. The first-order valence-electron chi connectivity index (χ1n) is 3.80. The summed E-state index contributed by atoms with van der Waals surface area (Å²) in [6.45, 7) is 3.47. The number of allylic oxidation sites excluding steroid dienone is 1. The van der Waals surface area contributed by atoms with Crippen LogP contribution in [0.3, 0.4) is 0 Å². The Hall–Kier alpha value is -1.31. The normalized spacial score (nSPS) is 9.58. The predicted octanol–water partition coefficient (Wildman–Crippen LogP) is 2.99. The zero-order valence-corrected chi connectivity index (χ0v) is 7.26. The Kier molecular flexibility index (Phi) is 2.48. The SMILES string of the molecule is CC(C)=C(F)c1cccc(N)c1. The van der Waals surface area contributed by atoms with Crippen LogP contribution in [0.4, 0.5) is 10.1 Å². The molecule has 1 rings (SSSR count). The fourth-order valence-corrected chi connectivity index (χ4v) is 0.964. The van der Waals surface area contributed by atoms with Gasteiger partial charge in [0.1, 0.15) is 5.83 Å². The molecule has 1 aromatic rings. The average Bonchev–Trinajstić information content (AvgIpc) is 2.03. The van der Waals surface area contributed by atoms with Gasteiger partial charge < -0.3 is 5.73 Å². The van der Waals surface area contributed by atoms with Gasteiger partial charge in [-0.15, -0.1) is 0 Å². The van der Waals surface area contributed by atoms with Crippen molar-refractivity contribution in [3.63, 3.8) is 0 Å². The van der Waals surface area contributed by atoms with Crippen molar-refractivity contribution in [3.05, 3.63) is 35.4 Å². The maximum absolute atomic E-state index is 13.3. The number of halogens is 1. The van der Waals surface area contributed by atoms with E-state index < -0.39 is 0 Å². The summed E-state index contributed by atoms with van der Waals surface area (Å²) in [5, 5.41) is 0. The van der Waals surface area contributed by atoms with Crippen LogP contribution in [0, 0.1) is 0 Å². The van der Waals surface area contributed by atoms with Gasteiger partial charge in [-0.3, -0.25) is 0 Å². The third-order valence-corrected chi connectivity index (χ3v) is 1.58. The van der Waals surface area contributed by atoms with Gasteiger partial charge >= 0.3 is 0 Å². The Morgan fingerprint density at radius 3 is 2.50 bits per heavy atom. The van der Waals surface area contributed by atoms with E-state index >= 15 is 0 Å². The van der Waals surface area contributed by atoms with E-state index in [2.05, 4.69) is 0 Å². The molecule has 0 bridgehead atoms. The minimum atomic E-state index is -0.192. The fourth-order valence-electron chi connectivity index (χ4n) is 0.964. The quantitative estimate of drug-likeness (QED) is 0.636. The molecule has 0 heterocycles. The van der Waals surface area contributed by atoms with E-state index in [0.29, 0.717) is 16.8 Å². The molecule has 0 saturated carbocycles. The molecule has 0 aliphatic heterocycles. The maximum atomic E-state index is 13.3. The zero-order valence-electron chi connectivity index (χ0n) is 7.26. The topological polar surface area (TPSA) is 26.0 Å². The molecular formula is C10H12FN. The number of benzene rings is 1. The molecule has 0 saturated heterocycles. The Morgan fingerprint density at radius 2 is 2.00 bits per heavy atom. The van der Waals surface area contributed by atoms with Crippen molar-refractivity contribution in [2.45, 2.75) is 13.8 Å². The second-order valence-corrected chi connectivity index (χ2v) is 2.94. The molecule has 0 fully saturated rings. The highest BCUT2D eigenvalue weighted by Gasteiger charge is 2.01. The van der Waals surface area contributed by atoms with E-state index in [9.17, 15) is 4.39 Å². The number of nitrogens with two attached hydrogens (primary N) is 1. The number of hydrogen-bond acceptors (Lipinski definition) is 1. The molecule has 0 unspecified atom stereocenters. The molecule has 0 aliphatic rings. The standard InChI is InChI=1S/C10H12FN/c1-7(2)10(11)8-4-3-5-9(12)6-8/h3-6H,12H2,1-2H3. The smallest absolute Gasteiger partial charge is 0.129 e. The van der Waals surface area contributed by atoms with Crippen LogP contribution in [0.2, 0.25) is 0 Å². The highest BCUT2D eigenvalue weighted by atomic mass is 19.1. The van der Waals surface area contributed by atoms with Gasteiger partial charge in [-0.25, -0.2) is 4.39 Å². The van der Waals surface area contributed by atoms with Crippen LogP contribution in [0.25, 0.3) is 5.83 Å². The summed E-state index contributed by atoms with van der Waals surface area (Å²) in [7, 11) is 0. The number of nitrogen functional groups attached to an aromatic ring is 1. The first-order chi connectivity index (χ1) is 5.61. The highest BCUT2D eigenvalue weighted by Crippen LogP contribution is 2.21. The lowest BCUT2D eigenvalue weighted by Crippen LogP contribution is -1.86. The Bertz CT molecular complexity index is 311. The van der Waals surface area contributed by atoms with E-state index in [4.69, 9.17) is 5.73 Å². The van der Waals surface area contributed by atoms with Crippen LogP contribution >= 0.6 is 0 Å². The van der Waals surface area contributed by atoms with Crippen LogP contribution in [0.5, 0.6) is 0 Å². The number of anilines is 1. The number of hydrogen-bond donors (Lipinski definition) is 1. The molecule has 0 aliphatic carbocycles. The first-order valence-corrected chi connectivity index (χ1v) is 3.80. The van der Waals surface area contributed by atoms with Crippen molar-refractivity contribution in [1.29, 1.82) is 0 Å². The van der Waals surface area contributed by atoms with Gasteiger partial charge in [0.2, 0.25) is 0 Å². The van der Waals surface area contributed by atoms with Crippen LogP contribution in [-0.4, -0.2) is 0 Å². The van der Waals surface area contributed by atoms with Crippen molar-refractivity contribution < 1.29 is 4.39 Å². The largest absolute Gasteiger partial charge is 0.399 e. The molecule has 12 heavy (non-hydrogen) atoms. The lowest BCUT2D eigenvalue weighted by atomic mass is 10.1. The highest BCUT2D eigenvalue weighted by molar-refractivity contribution is 5.64. The van der Waals surface area contributed by atoms with Crippen molar-refractivity contribution in [1.82, 2.24) is 0 Å². The second-order valence-electron chi connectivity index (χ2n) is 2.94. The fraction of sp³-hybridized carbons (Fsp3) is 0.200. The Labute approximate surface area is 71.7 Å². The summed E-state index contributed by atoms with van der Waals surface area (Å²) in [5.74, 6) is -0.192. The second kappa shape index (κ2) is 3.39. The Balaban J connectivity index is 3.13. The summed E-state index contributed by atoms with van der Waals surface area (Å²) in [6.07, 6.45) is 0. The third kappa shape index (κ3) is 1.84. The van der Waals surface area contributed by atoms with E-state index in [1.165, 1.54) is 0 Å². The van der Waals surface area contributed by atoms with Gasteiger partial charge in [0.25, 0.3) is 0 Å². The molecule has 2 heteroatoms. The lowest BCUT2D eigenvalue weighted by molar-refractivity contribution is 0.750. The summed E-state index contributed by atoms with van der Waals surface area (Å²) >= 11 is 0. The molecule has 2 N–H and O–H groups in total. The molecule has 0 atom stereocenters. The summed E-state index contributed by atoms with van der Waals surface area (Å²) in [6, 6.07) is 6.82. The van der Waals surface area contributed by atoms with E-state index in [1.807, 2.05) is 0 Å². The van der Waals surface area contributed by atoms with Crippen molar-refractivity contribution in [3.8, 4) is 0 Å². The molecule has 64 valence electrons. The minimum absolute atomic E-state index is 0.192.